The predicted octanol–water partition coefficient (Wildman–Crippen LogP) is 1.74. The second-order valence-corrected chi connectivity index (χ2v) is 6.42. The first-order valence-electron chi connectivity index (χ1n) is 7.94. The monoisotopic (exact) mass is 341 g/mol. The number of benzene rings is 1. The lowest BCUT2D eigenvalue weighted by molar-refractivity contribution is -0.384. The van der Waals surface area contributed by atoms with Crippen LogP contribution in [0.1, 0.15) is 12.0 Å². The average molecular weight is 341 g/mol. The summed E-state index contributed by atoms with van der Waals surface area (Å²) in [6.45, 7) is 0. The predicted molar refractivity (Wildman–Crippen MR) is 86.8 cm³/mol. The fraction of sp³-hybridized carbons (Fsp3) is 0.353. The lowest BCUT2D eigenvalue weighted by atomic mass is 9.85. The van der Waals surface area contributed by atoms with E-state index in [0.717, 1.165) is 11.4 Å². The molecular formula is C17H15N3O5. The van der Waals surface area contributed by atoms with E-state index < -0.39 is 4.92 Å². The van der Waals surface area contributed by atoms with Crippen LogP contribution in [0.15, 0.2) is 35.5 Å². The third-order valence-corrected chi connectivity index (χ3v) is 5.18. The molecule has 1 heterocycles. The van der Waals surface area contributed by atoms with Crippen molar-refractivity contribution in [3.8, 4) is 5.75 Å². The lowest BCUT2D eigenvalue weighted by Gasteiger charge is -2.13. The van der Waals surface area contributed by atoms with Crippen molar-refractivity contribution >= 4 is 23.7 Å². The number of non-ortho nitro benzene ring substituents is 1. The molecule has 1 aromatic rings. The van der Waals surface area contributed by atoms with E-state index in [0.29, 0.717) is 11.3 Å². The van der Waals surface area contributed by atoms with Gasteiger partial charge in [-0.3, -0.25) is 19.7 Å². The van der Waals surface area contributed by atoms with Crippen molar-refractivity contribution in [1.82, 2.24) is 5.01 Å². The summed E-state index contributed by atoms with van der Waals surface area (Å²) < 4.78 is 5.16. The van der Waals surface area contributed by atoms with E-state index in [-0.39, 0.29) is 41.2 Å². The van der Waals surface area contributed by atoms with Crippen LogP contribution in [-0.2, 0) is 9.59 Å². The minimum Gasteiger partial charge on any atom is -0.496 e. The quantitative estimate of drug-likeness (QED) is 0.273. The highest BCUT2D eigenvalue weighted by atomic mass is 16.6. The molecule has 0 aromatic heterocycles. The maximum Gasteiger partial charge on any atom is 0.270 e. The molecule has 4 rings (SSSR count). The Hall–Kier alpha value is -3.03. The van der Waals surface area contributed by atoms with Crippen LogP contribution in [0.4, 0.5) is 5.69 Å². The summed E-state index contributed by atoms with van der Waals surface area (Å²) >= 11 is 0. The van der Waals surface area contributed by atoms with Crippen LogP contribution < -0.4 is 4.74 Å². The number of nitro benzene ring substituents is 1. The van der Waals surface area contributed by atoms with E-state index in [4.69, 9.17) is 4.74 Å². The number of hydrogen-bond donors (Lipinski definition) is 0. The lowest BCUT2D eigenvalue weighted by Crippen LogP contribution is -2.28. The van der Waals surface area contributed by atoms with Crippen LogP contribution in [0.5, 0.6) is 5.75 Å². The SMILES string of the molecule is COc1ccc([N+](=O)[O-])cc1C=NN1C(=O)[C@@H]2[C@H](C1=O)[C@H]1C=C[C@H]2C1. The molecule has 25 heavy (non-hydrogen) atoms. The number of fused-ring (bicyclic) bond motifs is 5. The zero-order valence-electron chi connectivity index (χ0n) is 13.4. The van der Waals surface area contributed by atoms with Gasteiger partial charge < -0.3 is 4.74 Å². The van der Waals surface area contributed by atoms with Gasteiger partial charge in [-0.25, -0.2) is 0 Å². The second-order valence-electron chi connectivity index (χ2n) is 6.42. The van der Waals surface area contributed by atoms with Gasteiger partial charge in [-0.05, 0) is 24.3 Å². The molecule has 0 radical (unpaired) electrons. The van der Waals surface area contributed by atoms with Gasteiger partial charge in [0.1, 0.15) is 5.75 Å². The second kappa shape index (κ2) is 5.51. The Labute approximate surface area is 142 Å². The van der Waals surface area contributed by atoms with Gasteiger partial charge in [0.05, 0.1) is 30.1 Å². The van der Waals surface area contributed by atoms with Crippen LogP contribution in [0.3, 0.4) is 0 Å². The Bertz CT molecular complexity index is 817. The van der Waals surface area contributed by atoms with Crippen molar-refractivity contribution in [3.63, 3.8) is 0 Å². The number of nitrogens with zero attached hydrogens (tertiary/aromatic N) is 3. The summed E-state index contributed by atoms with van der Waals surface area (Å²) in [6, 6.07) is 4.06. The number of carbonyl (C=O) groups is 2. The van der Waals surface area contributed by atoms with Crippen LogP contribution in [0.2, 0.25) is 0 Å². The van der Waals surface area contributed by atoms with Gasteiger partial charge in [0.25, 0.3) is 17.5 Å². The van der Waals surface area contributed by atoms with E-state index in [2.05, 4.69) is 5.10 Å². The van der Waals surface area contributed by atoms with E-state index in [1.165, 1.54) is 31.5 Å². The molecule has 2 fully saturated rings. The number of ether oxygens (including phenoxy) is 1. The number of hydrogen-bond acceptors (Lipinski definition) is 6. The Morgan fingerprint density at radius 1 is 1.24 bits per heavy atom. The van der Waals surface area contributed by atoms with Crippen molar-refractivity contribution in [2.45, 2.75) is 6.42 Å². The van der Waals surface area contributed by atoms with Gasteiger partial charge in [-0.15, -0.1) is 0 Å². The van der Waals surface area contributed by atoms with E-state index in [1.54, 1.807) is 0 Å². The number of nitro groups is 1. The van der Waals surface area contributed by atoms with Crippen LogP contribution in [0.25, 0.3) is 0 Å². The molecule has 4 atom stereocenters. The summed E-state index contributed by atoms with van der Waals surface area (Å²) in [4.78, 5) is 35.5. The molecule has 0 N–H and O–H groups in total. The van der Waals surface area contributed by atoms with Crippen molar-refractivity contribution < 1.29 is 19.2 Å². The standard InChI is InChI=1S/C17H15N3O5/c1-25-13-5-4-12(20(23)24)7-11(13)8-18-19-16(21)14-9-2-3-10(6-9)15(14)17(19)22/h2-5,7-10,14-15H,6H2,1H3/t9-,10-,14-,15+/m0/s1. The summed E-state index contributed by atoms with van der Waals surface area (Å²) in [5.74, 6) is -0.660. The maximum absolute atomic E-state index is 12.6. The molecule has 0 unspecified atom stereocenters. The molecule has 1 aliphatic heterocycles. The van der Waals surface area contributed by atoms with Crippen molar-refractivity contribution in [2.24, 2.45) is 28.8 Å². The molecule has 128 valence electrons. The molecule has 1 aromatic carbocycles. The number of carbonyl (C=O) groups excluding carboxylic acids is 2. The van der Waals surface area contributed by atoms with Crippen LogP contribution >= 0.6 is 0 Å². The third kappa shape index (κ3) is 2.25. The summed E-state index contributed by atoms with van der Waals surface area (Å²) in [5.41, 5.74) is 0.205. The highest BCUT2D eigenvalue weighted by Gasteiger charge is 2.59. The fourth-order valence-corrected chi connectivity index (χ4v) is 4.06. The largest absolute Gasteiger partial charge is 0.496 e. The zero-order chi connectivity index (χ0) is 17.7. The highest BCUT2D eigenvalue weighted by Crippen LogP contribution is 2.52. The number of hydrazone groups is 1. The Morgan fingerprint density at radius 2 is 1.88 bits per heavy atom. The van der Waals surface area contributed by atoms with Crippen molar-refractivity contribution in [1.29, 1.82) is 0 Å². The van der Waals surface area contributed by atoms with Gasteiger partial charge >= 0.3 is 0 Å². The van der Waals surface area contributed by atoms with Crippen molar-refractivity contribution in [2.75, 3.05) is 7.11 Å². The molecule has 8 heteroatoms. The normalized spacial score (nSPS) is 29.7. The van der Waals surface area contributed by atoms with Crippen LogP contribution in [0, 0.1) is 33.8 Å². The van der Waals surface area contributed by atoms with Crippen molar-refractivity contribution in [3.05, 3.63) is 46.0 Å². The molecule has 3 aliphatic rings. The fourth-order valence-electron chi connectivity index (χ4n) is 4.06. The molecule has 2 bridgehead atoms. The highest BCUT2D eigenvalue weighted by molar-refractivity contribution is 6.06. The summed E-state index contributed by atoms with van der Waals surface area (Å²) in [7, 11) is 1.43. The maximum atomic E-state index is 12.6. The zero-order valence-corrected chi connectivity index (χ0v) is 13.4. The van der Waals surface area contributed by atoms with E-state index in [1.807, 2.05) is 12.2 Å². The summed E-state index contributed by atoms with van der Waals surface area (Å²) in [5, 5.41) is 15.8. The third-order valence-electron chi connectivity index (χ3n) is 5.18. The summed E-state index contributed by atoms with van der Waals surface area (Å²) in [6.07, 6.45) is 6.13. The minimum atomic E-state index is -0.531. The molecule has 1 saturated heterocycles. The Kier molecular flexibility index (Phi) is 3.41. The minimum absolute atomic E-state index is 0.110. The Morgan fingerprint density at radius 3 is 2.44 bits per heavy atom. The van der Waals surface area contributed by atoms with Gasteiger partial charge in [0.15, 0.2) is 0 Å². The molecule has 8 nitrogen and oxygen atoms in total. The number of methoxy groups -OCH3 is 1. The molecule has 0 spiro atoms. The number of imide groups is 1. The van der Waals surface area contributed by atoms with E-state index >= 15 is 0 Å². The van der Waals surface area contributed by atoms with Gasteiger partial charge in [0.2, 0.25) is 0 Å². The Balaban J connectivity index is 1.63. The van der Waals surface area contributed by atoms with Gasteiger partial charge in [0, 0.05) is 17.7 Å². The molecule has 1 saturated carbocycles. The first-order chi connectivity index (χ1) is 12.0. The number of allylic oxidation sites excluding steroid dienone is 2. The molecule has 2 amide bonds. The van der Waals surface area contributed by atoms with Gasteiger partial charge in [-0.1, -0.05) is 12.2 Å². The topological polar surface area (TPSA) is 102 Å². The number of rotatable bonds is 4. The average Bonchev–Trinajstić information content (AvgIpc) is 3.27. The molecular weight excluding hydrogens is 326 g/mol. The number of amides is 2. The first kappa shape index (κ1) is 15.5. The van der Waals surface area contributed by atoms with Gasteiger partial charge in [-0.2, -0.15) is 10.1 Å². The first-order valence-corrected chi connectivity index (χ1v) is 7.94. The molecule has 2 aliphatic carbocycles. The smallest absolute Gasteiger partial charge is 0.270 e. The van der Waals surface area contributed by atoms with Crippen LogP contribution in [-0.4, -0.2) is 35.1 Å². The van der Waals surface area contributed by atoms with E-state index in [9.17, 15) is 19.7 Å².